The number of aromatic nitrogens is 1. The molecule has 1 saturated heterocycles. The Labute approximate surface area is 244 Å². The highest BCUT2D eigenvalue weighted by atomic mass is 19.4. The molecule has 0 bridgehead atoms. The van der Waals surface area contributed by atoms with E-state index in [1.807, 2.05) is 4.90 Å². The summed E-state index contributed by atoms with van der Waals surface area (Å²) >= 11 is 0. The maximum atomic E-state index is 15.0. The van der Waals surface area contributed by atoms with Crippen molar-refractivity contribution in [3.05, 3.63) is 65.8 Å². The molecule has 1 saturated carbocycles. The summed E-state index contributed by atoms with van der Waals surface area (Å²) in [6.07, 6.45) is -2.50. The van der Waals surface area contributed by atoms with Crippen molar-refractivity contribution in [1.82, 2.24) is 9.88 Å². The average Bonchev–Trinajstić information content (AvgIpc) is 3.49. The van der Waals surface area contributed by atoms with Crippen LogP contribution in [0.4, 0.5) is 28.9 Å². The van der Waals surface area contributed by atoms with Crippen LogP contribution in [-0.2, 0) is 20.5 Å². The van der Waals surface area contributed by atoms with E-state index in [-0.39, 0.29) is 40.9 Å². The van der Waals surface area contributed by atoms with Gasteiger partial charge >= 0.3 is 12.1 Å². The summed E-state index contributed by atoms with van der Waals surface area (Å²) in [5, 5.41) is 2.17. The molecule has 0 radical (unpaired) electrons. The number of anilines is 2. The van der Waals surface area contributed by atoms with E-state index >= 15 is 4.39 Å². The summed E-state index contributed by atoms with van der Waals surface area (Å²) in [4.78, 5) is 45.0. The van der Waals surface area contributed by atoms with Gasteiger partial charge in [0.05, 0.1) is 18.7 Å². The van der Waals surface area contributed by atoms with Crippen LogP contribution < -0.4 is 10.2 Å². The number of hydrogen-bond donors (Lipinski definition) is 1. The van der Waals surface area contributed by atoms with Gasteiger partial charge in [0.1, 0.15) is 5.82 Å². The number of nitrogens with zero attached hydrogens (tertiary/aromatic N) is 3. The molecule has 2 amide bonds. The quantitative estimate of drug-likeness (QED) is 0.299. The van der Waals surface area contributed by atoms with E-state index in [0.29, 0.717) is 57.5 Å². The van der Waals surface area contributed by atoms with Gasteiger partial charge in [0.2, 0.25) is 17.6 Å². The fourth-order valence-corrected chi connectivity index (χ4v) is 5.54. The average molecular weight is 603 g/mol. The molecule has 1 N–H and O–H groups in total. The monoisotopic (exact) mass is 602 g/mol. The summed E-state index contributed by atoms with van der Waals surface area (Å²) < 4.78 is 65.6. The van der Waals surface area contributed by atoms with Crippen LogP contribution in [0.15, 0.2) is 52.9 Å². The first kappa shape index (κ1) is 30.1. The Hall–Kier alpha value is -4.42. The van der Waals surface area contributed by atoms with E-state index in [1.54, 1.807) is 29.2 Å². The minimum atomic E-state index is -5.00. The molecule has 0 spiro atoms. The number of amides is 2. The maximum Gasteiger partial charge on any atom is 0.452 e. The second-order valence-electron chi connectivity index (χ2n) is 10.6. The number of rotatable bonds is 6. The summed E-state index contributed by atoms with van der Waals surface area (Å²) in [7, 11) is 1.36. The minimum Gasteiger partial charge on any atom is -0.469 e. The second-order valence-corrected chi connectivity index (χ2v) is 10.6. The van der Waals surface area contributed by atoms with Crippen molar-refractivity contribution < 1.29 is 41.1 Å². The highest BCUT2D eigenvalue weighted by molar-refractivity contribution is 6.04. The summed E-state index contributed by atoms with van der Waals surface area (Å²) in [5.74, 6) is -4.57. The molecule has 1 aliphatic heterocycles. The molecule has 2 fully saturated rings. The number of oxazole rings is 1. The third-order valence-corrected chi connectivity index (χ3v) is 7.89. The standard InChI is InChI=1S/C30H30F4N4O5/c1-42-29(41)20-9-7-19(8-10-20)28(40)38-15-13-37(14-16-38)21-11-12-23(22(31)17-21)35-26(39)24-25(30(32,33)34)43-27(36-24)18-5-3-2-4-6-18/h2-6,11-12,17,19-20H,7-10,13-16H2,1H3,(H,35,39)/t19-,20-. The lowest BCUT2D eigenvalue weighted by Gasteiger charge is -2.38. The molecule has 2 aliphatic rings. The Balaban J connectivity index is 1.20. The summed E-state index contributed by atoms with van der Waals surface area (Å²) in [5.41, 5.74) is -0.572. The van der Waals surface area contributed by atoms with Gasteiger partial charge in [0.15, 0.2) is 5.69 Å². The van der Waals surface area contributed by atoms with Crippen LogP contribution >= 0.6 is 0 Å². The minimum absolute atomic E-state index is 0.0497. The van der Waals surface area contributed by atoms with Crippen molar-refractivity contribution in [1.29, 1.82) is 0 Å². The first-order chi connectivity index (χ1) is 20.5. The van der Waals surface area contributed by atoms with Gasteiger partial charge < -0.3 is 24.3 Å². The van der Waals surface area contributed by atoms with Gasteiger partial charge in [-0.1, -0.05) is 18.2 Å². The third-order valence-electron chi connectivity index (χ3n) is 7.89. The molecule has 3 aromatic rings. The van der Waals surface area contributed by atoms with Gasteiger partial charge in [-0.15, -0.1) is 0 Å². The molecule has 0 atom stereocenters. The lowest BCUT2D eigenvalue weighted by molar-refractivity contribution is -0.153. The van der Waals surface area contributed by atoms with Crippen LogP contribution in [0.2, 0.25) is 0 Å². The summed E-state index contributed by atoms with van der Waals surface area (Å²) in [6.45, 7) is 1.77. The predicted molar refractivity (Wildman–Crippen MR) is 148 cm³/mol. The van der Waals surface area contributed by atoms with Crippen LogP contribution in [0.25, 0.3) is 11.5 Å². The molecular formula is C30H30F4N4O5. The molecule has 13 heteroatoms. The van der Waals surface area contributed by atoms with Crippen LogP contribution in [0.1, 0.15) is 41.9 Å². The number of halogens is 4. The Morgan fingerprint density at radius 3 is 2.21 bits per heavy atom. The fraction of sp³-hybridized carbons (Fsp3) is 0.400. The number of carbonyl (C=O) groups is 3. The van der Waals surface area contributed by atoms with Crippen molar-refractivity contribution in [3.63, 3.8) is 0 Å². The van der Waals surface area contributed by atoms with E-state index in [1.165, 1.54) is 31.4 Å². The number of carbonyl (C=O) groups excluding carboxylic acids is 3. The Kier molecular flexibility index (Phi) is 8.69. The van der Waals surface area contributed by atoms with Crippen molar-refractivity contribution in [2.45, 2.75) is 31.9 Å². The Morgan fingerprint density at radius 2 is 1.60 bits per heavy atom. The highest BCUT2D eigenvalue weighted by Gasteiger charge is 2.42. The molecule has 2 aromatic carbocycles. The van der Waals surface area contributed by atoms with Crippen molar-refractivity contribution in [2.24, 2.45) is 11.8 Å². The first-order valence-corrected chi connectivity index (χ1v) is 13.9. The van der Waals surface area contributed by atoms with Gasteiger partial charge in [-0.05, 0) is 56.0 Å². The zero-order valence-corrected chi connectivity index (χ0v) is 23.3. The number of nitrogens with one attached hydrogen (secondary N) is 1. The van der Waals surface area contributed by atoms with Gasteiger partial charge in [-0.2, -0.15) is 13.2 Å². The number of ether oxygens (including phenoxy) is 1. The SMILES string of the molecule is COC(=O)[C@H]1CC[C@H](C(=O)N2CCN(c3ccc(NC(=O)c4nc(-c5ccccc5)oc4C(F)(F)F)c(F)c3)CC2)CC1. The van der Waals surface area contributed by atoms with E-state index in [9.17, 15) is 27.6 Å². The fourth-order valence-electron chi connectivity index (χ4n) is 5.54. The first-order valence-electron chi connectivity index (χ1n) is 13.9. The van der Waals surface area contributed by atoms with E-state index in [0.717, 1.165) is 0 Å². The van der Waals surface area contributed by atoms with E-state index in [2.05, 4.69) is 10.3 Å². The number of methoxy groups -OCH3 is 1. The Bertz CT molecular complexity index is 1480. The van der Waals surface area contributed by atoms with Crippen LogP contribution in [-0.4, -0.2) is 61.0 Å². The smallest absolute Gasteiger partial charge is 0.452 e. The van der Waals surface area contributed by atoms with Gasteiger partial charge in [-0.3, -0.25) is 14.4 Å². The molecule has 1 aliphatic carbocycles. The van der Waals surface area contributed by atoms with Gasteiger partial charge in [-0.25, -0.2) is 9.37 Å². The highest BCUT2D eigenvalue weighted by Crippen LogP contribution is 2.36. The molecule has 9 nitrogen and oxygen atoms in total. The topological polar surface area (TPSA) is 105 Å². The zero-order chi connectivity index (χ0) is 30.7. The molecule has 2 heterocycles. The summed E-state index contributed by atoms with van der Waals surface area (Å²) in [6, 6.07) is 11.8. The molecule has 0 unspecified atom stereocenters. The lowest BCUT2D eigenvalue weighted by atomic mass is 9.81. The second kappa shape index (κ2) is 12.4. The van der Waals surface area contributed by atoms with Crippen molar-refractivity contribution >= 4 is 29.2 Å². The van der Waals surface area contributed by atoms with Gasteiger partial charge in [0, 0.05) is 43.3 Å². The van der Waals surface area contributed by atoms with E-state index in [4.69, 9.17) is 9.15 Å². The van der Waals surface area contributed by atoms with Crippen LogP contribution in [0, 0.1) is 17.7 Å². The van der Waals surface area contributed by atoms with Crippen LogP contribution in [0.5, 0.6) is 0 Å². The number of benzene rings is 2. The predicted octanol–water partition coefficient (Wildman–Crippen LogP) is 5.38. The van der Waals surface area contributed by atoms with Gasteiger partial charge in [0.25, 0.3) is 5.91 Å². The molecule has 228 valence electrons. The number of piperazine rings is 1. The van der Waals surface area contributed by atoms with E-state index < -0.39 is 29.4 Å². The van der Waals surface area contributed by atoms with Crippen molar-refractivity contribution in [3.8, 4) is 11.5 Å². The Morgan fingerprint density at radius 1 is 0.953 bits per heavy atom. The zero-order valence-electron chi connectivity index (χ0n) is 23.3. The third kappa shape index (κ3) is 6.65. The molecule has 43 heavy (non-hydrogen) atoms. The normalized spacial score (nSPS) is 19.2. The molecular weight excluding hydrogens is 572 g/mol. The molecule has 5 rings (SSSR count). The molecule has 1 aromatic heterocycles. The number of esters is 1. The van der Waals surface area contributed by atoms with Crippen LogP contribution in [0.3, 0.4) is 0 Å². The number of hydrogen-bond acceptors (Lipinski definition) is 7. The largest absolute Gasteiger partial charge is 0.469 e. The number of alkyl halides is 3. The maximum absolute atomic E-state index is 15.0. The lowest BCUT2D eigenvalue weighted by Crippen LogP contribution is -2.50. The van der Waals surface area contributed by atoms with Crippen molar-refractivity contribution in [2.75, 3.05) is 43.5 Å².